The first-order valence-corrected chi connectivity index (χ1v) is 9.11. The first-order chi connectivity index (χ1) is 14.3. The van der Waals surface area contributed by atoms with E-state index < -0.39 is 12.5 Å². The first-order valence-electron chi connectivity index (χ1n) is 9.11. The molecule has 1 fully saturated rings. The highest BCUT2D eigenvalue weighted by Gasteiger charge is 2.36. The van der Waals surface area contributed by atoms with Gasteiger partial charge in [-0.15, -0.1) is 13.2 Å². The molecule has 2 aromatic heterocycles. The van der Waals surface area contributed by atoms with Crippen LogP contribution in [0.1, 0.15) is 29.9 Å². The summed E-state index contributed by atoms with van der Waals surface area (Å²) in [5, 5.41) is 23.1. The number of furan rings is 1. The Kier molecular flexibility index (Phi) is 5.50. The van der Waals surface area contributed by atoms with E-state index in [1.54, 1.807) is 12.1 Å². The van der Waals surface area contributed by atoms with Gasteiger partial charge in [0.2, 0.25) is 11.7 Å². The van der Waals surface area contributed by atoms with Crippen molar-refractivity contribution < 1.29 is 37.1 Å². The van der Waals surface area contributed by atoms with Crippen molar-refractivity contribution in [3.8, 4) is 17.1 Å². The van der Waals surface area contributed by atoms with Crippen LogP contribution < -0.4 is 4.74 Å². The Labute approximate surface area is 168 Å². The van der Waals surface area contributed by atoms with E-state index in [9.17, 15) is 18.3 Å². The van der Waals surface area contributed by atoms with Crippen LogP contribution in [0.5, 0.6) is 5.75 Å². The Bertz CT molecular complexity index is 986. The summed E-state index contributed by atoms with van der Waals surface area (Å²) < 4.78 is 51.6. The first kappa shape index (κ1) is 20.4. The minimum absolute atomic E-state index is 0.203. The van der Waals surface area contributed by atoms with Gasteiger partial charge in [-0.1, -0.05) is 5.16 Å². The van der Waals surface area contributed by atoms with Gasteiger partial charge < -0.3 is 23.9 Å². The number of aromatic nitrogens is 2. The molecular weight excluding hydrogens is 407 g/mol. The van der Waals surface area contributed by atoms with Crippen LogP contribution in [0.15, 0.2) is 45.3 Å². The van der Waals surface area contributed by atoms with Gasteiger partial charge >= 0.3 is 6.36 Å². The lowest BCUT2D eigenvalue weighted by atomic mass is 10.2. The molecule has 30 heavy (non-hydrogen) atoms. The van der Waals surface area contributed by atoms with Crippen molar-refractivity contribution in [2.75, 3.05) is 6.54 Å². The summed E-state index contributed by atoms with van der Waals surface area (Å²) in [6, 6.07) is 8.20. The number of alkyl halides is 3. The van der Waals surface area contributed by atoms with Crippen LogP contribution in [-0.2, 0) is 13.2 Å². The molecule has 0 spiro atoms. The number of hydrogen-bond acceptors (Lipinski definition) is 8. The number of benzene rings is 1. The maximum atomic E-state index is 12.3. The number of β-amino-alcohol motifs (C(OH)–C–C–N with tert-alkyl or cyclic N) is 1. The number of likely N-dealkylation sites (tertiary alicyclic amines) is 1. The molecule has 8 nitrogen and oxygen atoms in total. The third kappa shape index (κ3) is 4.64. The van der Waals surface area contributed by atoms with E-state index in [1.165, 1.54) is 24.3 Å². The van der Waals surface area contributed by atoms with Gasteiger partial charge in [0.15, 0.2) is 0 Å². The highest BCUT2D eigenvalue weighted by Crippen LogP contribution is 2.34. The molecule has 1 saturated heterocycles. The number of rotatable bonds is 6. The SMILES string of the molecule is OCc1ccc(CN2CC(O)CC2c2nc(-c3ccc(OC(F)(F)F)cc3)no2)o1. The molecular formula is C19H18F3N3O5. The Balaban J connectivity index is 1.49. The maximum Gasteiger partial charge on any atom is 0.573 e. The molecule has 0 radical (unpaired) electrons. The predicted molar refractivity (Wildman–Crippen MR) is 94.8 cm³/mol. The van der Waals surface area contributed by atoms with E-state index in [0.29, 0.717) is 36.6 Å². The van der Waals surface area contributed by atoms with Crippen LogP contribution in [-0.4, -0.2) is 44.3 Å². The van der Waals surface area contributed by atoms with E-state index in [4.69, 9.17) is 14.0 Å². The number of hydrogen-bond donors (Lipinski definition) is 2. The zero-order valence-corrected chi connectivity index (χ0v) is 15.5. The number of aliphatic hydroxyl groups excluding tert-OH is 2. The van der Waals surface area contributed by atoms with Crippen LogP contribution in [0.3, 0.4) is 0 Å². The highest BCUT2D eigenvalue weighted by atomic mass is 19.4. The minimum Gasteiger partial charge on any atom is -0.462 e. The van der Waals surface area contributed by atoms with E-state index >= 15 is 0 Å². The quantitative estimate of drug-likeness (QED) is 0.621. The zero-order valence-electron chi connectivity index (χ0n) is 15.5. The summed E-state index contributed by atoms with van der Waals surface area (Å²) in [6.45, 7) is 0.551. The van der Waals surface area contributed by atoms with E-state index in [-0.39, 0.29) is 30.1 Å². The van der Waals surface area contributed by atoms with E-state index in [2.05, 4.69) is 14.9 Å². The second kappa shape index (κ2) is 8.09. The molecule has 11 heteroatoms. The smallest absolute Gasteiger partial charge is 0.462 e. The predicted octanol–water partition coefficient (Wildman–Crippen LogP) is 3.03. The molecule has 2 N–H and O–H groups in total. The van der Waals surface area contributed by atoms with Crippen molar-refractivity contribution in [1.82, 2.24) is 15.0 Å². The molecule has 3 aromatic rings. The Morgan fingerprint density at radius 1 is 1.13 bits per heavy atom. The fourth-order valence-corrected chi connectivity index (χ4v) is 3.40. The second-order valence-corrected chi connectivity index (χ2v) is 6.89. The Hall–Kier alpha value is -2.89. The lowest BCUT2D eigenvalue weighted by molar-refractivity contribution is -0.274. The minimum atomic E-state index is -4.76. The summed E-state index contributed by atoms with van der Waals surface area (Å²) in [4.78, 5) is 6.27. The number of ether oxygens (including phenoxy) is 1. The van der Waals surface area contributed by atoms with E-state index in [0.717, 1.165) is 0 Å². The molecule has 3 heterocycles. The third-order valence-corrected chi connectivity index (χ3v) is 4.69. The van der Waals surface area contributed by atoms with Gasteiger partial charge in [0.25, 0.3) is 0 Å². The summed E-state index contributed by atoms with van der Waals surface area (Å²) in [7, 11) is 0. The van der Waals surface area contributed by atoms with Crippen molar-refractivity contribution >= 4 is 0 Å². The second-order valence-electron chi connectivity index (χ2n) is 6.89. The summed E-state index contributed by atoms with van der Waals surface area (Å²) >= 11 is 0. The van der Waals surface area contributed by atoms with E-state index in [1.807, 2.05) is 4.90 Å². The molecule has 2 unspecified atom stereocenters. The fraction of sp³-hybridized carbons (Fsp3) is 0.368. The Morgan fingerprint density at radius 2 is 1.87 bits per heavy atom. The third-order valence-electron chi connectivity index (χ3n) is 4.69. The topological polar surface area (TPSA) is 105 Å². The maximum absolute atomic E-state index is 12.3. The van der Waals surface area contributed by atoms with Crippen molar-refractivity contribution in [3.05, 3.63) is 53.8 Å². The summed E-state index contributed by atoms with van der Waals surface area (Å²) in [5.41, 5.74) is 0.461. The number of aliphatic hydroxyl groups is 2. The fourth-order valence-electron chi connectivity index (χ4n) is 3.40. The molecule has 0 bridgehead atoms. The molecule has 1 aliphatic heterocycles. The number of halogens is 3. The van der Waals surface area contributed by atoms with Gasteiger partial charge in [0.1, 0.15) is 23.9 Å². The van der Waals surface area contributed by atoms with Gasteiger partial charge in [-0.25, -0.2) is 0 Å². The lowest BCUT2D eigenvalue weighted by Crippen LogP contribution is -2.24. The Morgan fingerprint density at radius 3 is 2.53 bits per heavy atom. The molecule has 160 valence electrons. The summed E-state index contributed by atoms with van der Waals surface area (Å²) in [5.74, 6) is 1.22. The van der Waals surface area contributed by atoms with Crippen LogP contribution in [0.2, 0.25) is 0 Å². The normalized spacial score (nSPS) is 20.0. The van der Waals surface area contributed by atoms with Crippen molar-refractivity contribution in [2.45, 2.75) is 38.1 Å². The average molecular weight is 425 g/mol. The standard InChI is InChI=1S/C19H18F3N3O5/c20-19(21,22)29-13-3-1-11(2-4-13)17-23-18(30-24-17)16-7-12(27)8-25(16)9-14-5-6-15(10-26)28-14/h1-6,12,16,26-27H,7-10H2. The van der Waals surface area contributed by atoms with Gasteiger partial charge in [-0.2, -0.15) is 4.98 Å². The molecule has 0 saturated carbocycles. The van der Waals surface area contributed by atoms with Crippen molar-refractivity contribution in [3.63, 3.8) is 0 Å². The zero-order chi connectivity index (χ0) is 21.3. The van der Waals surface area contributed by atoms with Crippen LogP contribution in [0.25, 0.3) is 11.4 Å². The largest absolute Gasteiger partial charge is 0.573 e. The van der Waals surface area contributed by atoms with Gasteiger partial charge in [0.05, 0.1) is 18.7 Å². The van der Waals surface area contributed by atoms with Crippen LogP contribution >= 0.6 is 0 Å². The van der Waals surface area contributed by atoms with Crippen LogP contribution in [0, 0.1) is 0 Å². The monoisotopic (exact) mass is 425 g/mol. The van der Waals surface area contributed by atoms with Crippen molar-refractivity contribution in [1.29, 1.82) is 0 Å². The molecule has 4 rings (SSSR count). The number of nitrogens with zero attached hydrogens (tertiary/aromatic N) is 3. The van der Waals surface area contributed by atoms with Gasteiger partial charge in [0, 0.05) is 12.1 Å². The molecule has 0 aliphatic carbocycles. The van der Waals surface area contributed by atoms with Gasteiger partial charge in [-0.3, -0.25) is 4.90 Å². The molecule has 2 atom stereocenters. The van der Waals surface area contributed by atoms with Crippen LogP contribution in [0.4, 0.5) is 13.2 Å². The van der Waals surface area contributed by atoms with Crippen molar-refractivity contribution in [2.24, 2.45) is 0 Å². The molecule has 1 aliphatic rings. The highest BCUT2D eigenvalue weighted by molar-refractivity contribution is 5.55. The molecule has 1 aromatic carbocycles. The lowest BCUT2D eigenvalue weighted by Gasteiger charge is -2.19. The molecule has 0 amide bonds. The summed E-state index contributed by atoms with van der Waals surface area (Å²) in [6.07, 6.45) is -4.97. The van der Waals surface area contributed by atoms with Gasteiger partial charge in [-0.05, 0) is 42.8 Å². The average Bonchev–Trinajstić information content (AvgIpc) is 3.41.